The van der Waals surface area contributed by atoms with Crippen molar-refractivity contribution in [1.29, 1.82) is 0 Å². The van der Waals surface area contributed by atoms with Crippen LogP contribution in [0.5, 0.6) is 5.75 Å². The molecule has 1 saturated carbocycles. The van der Waals surface area contributed by atoms with Crippen LogP contribution >= 0.6 is 11.3 Å². The molecule has 1 heterocycles. The number of hydrogen-bond donors (Lipinski definition) is 1. The first-order chi connectivity index (χ1) is 12.1. The summed E-state index contributed by atoms with van der Waals surface area (Å²) in [6.45, 7) is 3.96. The molecule has 1 N–H and O–H groups in total. The van der Waals surface area contributed by atoms with E-state index in [-0.39, 0.29) is 18.5 Å². The van der Waals surface area contributed by atoms with Crippen LogP contribution in [0.4, 0.5) is 5.00 Å². The number of ether oxygens (including phenoxy) is 2. The van der Waals surface area contributed by atoms with Crippen LogP contribution in [-0.2, 0) is 9.53 Å². The van der Waals surface area contributed by atoms with Crippen LogP contribution in [0.2, 0.25) is 0 Å². The third-order valence-electron chi connectivity index (χ3n) is 3.96. The second-order valence-corrected chi connectivity index (χ2v) is 6.92. The second kappa shape index (κ2) is 7.70. The van der Waals surface area contributed by atoms with Gasteiger partial charge in [-0.05, 0) is 55.7 Å². The quantitative estimate of drug-likeness (QED) is 0.755. The Hall–Kier alpha value is -2.34. The maximum atomic E-state index is 12.3. The molecule has 0 unspecified atom stereocenters. The molecule has 6 heteroatoms. The van der Waals surface area contributed by atoms with Crippen molar-refractivity contribution < 1.29 is 19.1 Å². The zero-order valence-electron chi connectivity index (χ0n) is 14.3. The molecule has 1 aliphatic rings. The Labute approximate surface area is 151 Å². The lowest BCUT2D eigenvalue weighted by Gasteiger charge is -2.09. The highest BCUT2D eigenvalue weighted by Gasteiger charge is 2.32. The van der Waals surface area contributed by atoms with Crippen molar-refractivity contribution in [2.75, 3.05) is 18.5 Å². The summed E-state index contributed by atoms with van der Waals surface area (Å²) in [6, 6.07) is 7.49. The monoisotopic (exact) mass is 359 g/mol. The van der Waals surface area contributed by atoms with Crippen molar-refractivity contribution in [2.45, 2.75) is 32.6 Å². The largest absolute Gasteiger partial charge is 0.484 e. The minimum atomic E-state index is -0.375. The number of anilines is 1. The van der Waals surface area contributed by atoms with Gasteiger partial charge in [0.25, 0.3) is 5.91 Å². The minimum absolute atomic E-state index is 0.109. The van der Waals surface area contributed by atoms with Gasteiger partial charge in [-0.2, -0.15) is 0 Å². The molecule has 2 aromatic rings. The normalized spacial score (nSPS) is 13.4. The van der Waals surface area contributed by atoms with E-state index < -0.39 is 0 Å². The van der Waals surface area contributed by atoms with Gasteiger partial charge in [0.05, 0.1) is 12.2 Å². The van der Waals surface area contributed by atoms with Gasteiger partial charge < -0.3 is 14.8 Å². The molecule has 1 amide bonds. The first-order valence-electron chi connectivity index (χ1n) is 8.36. The van der Waals surface area contributed by atoms with Gasteiger partial charge in [-0.1, -0.05) is 17.7 Å². The fourth-order valence-electron chi connectivity index (χ4n) is 2.52. The van der Waals surface area contributed by atoms with Crippen molar-refractivity contribution in [3.8, 4) is 5.75 Å². The summed E-state index contributed by atoms with van der Waals surface area (Å²) >= 11 is 1.36. The van der Waals surface area contributed by atoms with Gasteiger partial charge in [-0.3, -0.25) is 4.79 Å². The number of aryl methyl sites for hydroxylation is 1. The van der Waals surface area contributed by atoms with Crippen LogP contribution in [0.25, 0.3) is 0 Å². The van der Waals surface area contributed by atoms with E-state index in [1.807, 2.05) is 36.6 Å². The summed E-state index contributed by atoms with van der Waals surface area (Å²) in [5.74, 6) is 0.372. The molecule has 3 rings (SSSR count). The lowest BCUT2D eigenvalue weighted by Crippen LogP contribution is -2.21. The molecule has 0 bridgehead atoms. The average Bonchev–Trinajstić information content (AvgIpc) is 3.35. The second-order valence-electron chi connectivity index (χ2n) is 6.04. The van der Waals surface area contributed by atoms with E-state index in [0.717, 1.165) is 24.0 Å². The summed E-state index contributed by atoms with van der Waals surface area (Å²) in [7, 11) is 0. The lowest BCUT2D eigenvalue weighted by molar-refractivity contribution is -0.118. The van der Waals surface area contributed by atoms with Crippen LogP contribution < -0.4 is 10.1 Å². The van der Waals surface area contributed by atoms with Crippen LogP contribution in [-0.4, -0.2) is 25.1 Å². The SMILES string of the molecule is CCOC(=O)c1c(C2CC2)csc1NC(=O)COc1ccc(C)cc1. The number of esters is 1. The zero-order valence-corrected chi connectivity index (χ0v) is 15.2. The Balaban J connectivity index is 1.66. The maximum Gasteiger partial charge on any atom is 0.341 e. The highest BCUT2D eigenvalue weighted by Crippen LogP contribution is 2.46. The molecule has 1 fully saturated rings. The van der Waals surface area contributed by atoms with Gasteiger partial charge in [0.2, 0.25) is 0 Å². The molecule has 1 aromatic carbocycles. The van der Waals surface area contributed by atoms with Gasteiger partial charge in [-0.15, -0.1) is 11.3 Å². The highest BCUT2D eigenvalue weighted by molar-refractivity contribution is 7.15. The Morgan fingerprint density at radius 3 is 2.60 bits per heavy atom. The van der Waals surface area contributed by atoms with Crippen LogP contribution in [0.15, 0.2) is 29.6 Å². The lowest BCUT2D eigenvalue weighted by atomic mass is 10.1. The first kappa shape index (κ1) is 17.5. The van der Waals surface area contributed by atoms with E-state index in [0.29, 0.717) is 28.8 Å². The Bertz CT molecular complexity index is 762. The van der Waals surface area contributed by atoms with Crippen molar-refractivity contribution in [1.82, 2.24) is 0 Å². The number of benzene rings is 1. The van der Waals surface area contributed by atoms with E-state index >= 15 is 0 Å². The summed E-state index contributed by atoms with van der Waals surface area (Å²) in [6.07, 6.45) is 2.15. The predicted octanol–water partition coefficient (Wildman–Crippen LogP) is 4.13. The number of nitrogens with one attached hydrogen (secondary N) is 1. The molecule has 1 aromatic heterocycles. The summed E-state index contributed by atoms with van der Waals surface area (Å²) in [4.78, 5) is 24.5. The number of carbonyl (C=O) groups is 2. The van der Waals surface area contributed by atoms with E-state index in [1.165, 1.54) is 11.3 Å². The van der Waals surface area contributed by atoms with Gasteiger partial charge >= 0.3 is 5.97 Å². The minimum Gasteiger partial charge on any atom is -0.484 e. The molecule has 1 aliphatic carbocycles. The average molecular weight is 359 g/mol. The molecule has 132 valence electrons. The molecule has 25 heavy (non-hydrogen) atoms. The third-order valence-corrected chi connectivity index (χ3v) is 4.87. The molecule has 0 spiro atoms. The fourth-order valence-corrected chi connectivity index (χ4v) is 3.56. The number of carbonyl (C=O) groups excluding carboxylic acids is 2. The summed E-state index contributed by atoms with van der Waals surface area (Å²) < 4.78 is 10.6. The van der Waals surface area contributed by atoms with Crippen molar-refractivity contribution >= 4 is 28.2 Å². The van der Waals surface area contributed by atoms with Crippen molar-refractivity contribution in [2.24, 2.45) is 0 Å². The number of hydrogen-bond acceptors (Lipinski definition) is 5. The van der Waals surface area contributed by atoms with Gasteiger partial charge in [-0.25, -0.2) is 4.79 Å². The van der Waals surface area contributed by atoms with E-state index in [2.05, 4.69) is 5.32 Å². The van der Waals surface area contributed by atoms with Crippen LogP contribution in [0, 0.1) is 6.92 Å². The standard InChI is InChI=1S/C19H21NO4S/c1-3-23-19(22)17-15(13-6-7-13)11-25-18(17)20-16(21)10-24-14-8-4-12(2)5-9-14/h4-5,8-9,11,13H,3,6-7,10H2,1-2H3,(H,20,21). The van der Waals surface area contributed by atoms with Crippen molar-refractivity contribution in [3.05, 3.63) is 46.3 Å². The Kier molecular flexibility index (Phi) is 5.38. The van der Waals surface area contributed by atoms with Gasteiger partial charge in [0, 0.05) is 0 Å². The number of rotatable bonds is 7. The van der Waals surface area contributed by atoms with Crippen LogP contribution in [0.1, 0.15) is 47.2 Å². The van der Waals surface area contributed by atoms with E-state index in [9.17, 15) is 9.59 Å². The molecule has 5 nitrogen and oxygen atoms in total. The molecule has 0 atom stereocenters. The zero-order chi connectivity index (χ0) is 17.8. The Morgan fingerprint density at radius 1 is 1.24 bits per heavy atom. The fraction of sp³-hybridized carbons (Fsp3) is 0.368. The smallest absolute Gasteiger partial charge is 0.341 e. The molecular weight excluding hydrogens is 338 g/mol. The first-order valence-corrected chi connectivity index (χ1v) is 9.24. The van der Waals surface area contributed by atoms with E-state index in [4.69, 9.17) is 9.47 Å². The molecule has 0 saturated heterocycles. The maximum absolute atomic E-state index is 12.3. The van der Waals surface area contributed by atoms with Gasteiger partial charge in [0.15, 0.2) is 6.61 Å². The predicted molar refractivity (Wildman–Crippen MR) is 97.6 cm³/mol. The summed E-state index contributed by atoms with van der Waals surface area (Å²) in [5.41, 5.74) is 2.61. The molecule has 0 radical (unpaired) electrons. The highest BCUT2D eigenvalue weighted by atomic mass is 32.1. The van der Waals surface area contributed by atoms with Crippen LogP contribution in [0.3, 0.4) is 0 Å². The third kappa shape index (κ3) is 4.39. The van der Waals surface area contributed by atoms with E-state index in [1.54, 1.807) is 6.92 Å². The topological polar surface area (TPSA) is 64.6 Å². The molecular formula is C19H21NO4S. The molecule has 0 aliphatic heterocycles. The summed E-state index contributed by atoms with van der Waals surface area (Å²) in [5, 5.41) is 5.27. The number of amides is 1. The Morgan fingerprint density at radius 2 is 1.96 bits per heavy atom. The van der Waals surface area contributed by atoms with Crippen molar-refractivity contribution in [3.63, 3.8) is 0 Å². The number of thiophene rings is 1. The van der Waals surface area contributed by atoms with Gasteiger partial charge in [0.1, 0.15) is 10.8 Å².